The van der Waals surface area contributed by atoms with Gasteiger partial charge in [0.2, 0.25) is 0 Å². The van der Waals surface area contributed by atoms with Crippen LogP contribution in [0.25, 0.3) is 16.9 Å². The minimum absolute atomic E-state index is 0.872. The van der Waals surface area contributed by atoms with E-state index in [0.717, 1.165) is 41.3 Å². The van der Waals surface area contributed by atoms with Gasteiger partial charge in [0, 0.05) is 11.4 Å². The van der Waals surface area contributed by atoms with Crippen molar-refractivity contribution in [1.29, 1.82) is 0 Å². The lowest BCUT2D eigenvalue weighted by atomic mass is 9.98. The van der Waals surface area contributed by atoms with Crippen molar-refractivity contribution in [2.24, 2.45) is 0 Å². The van der Waals surface area contributed by atoms with Crippen molar-refractivity contribution in [2.45, 2.75) is 39.5 Å². The number of benzene rings is 1. The van der Waals surface area contributed by atoms with Gasteiger partial charge in [-0.05, 0) is 75.4 Å². The van der Waals surface area contributed by atoms with Crippen molar-refractivity contribution in [3.8, 4) is 22.7 Å². The van der Waals surface area contributed by atoms with Gasteiger partial charge in [0.15, 0.2) is 0 Å². The van der Waals surface area contributed by atoms with Gasteiger partial charge in [-0.2, -0.15) is 0 Å². The molecular weight excluding hydrogens is 300 g/mol. The average molecular weight is 322 g/mol. The molecule has 4 nitrogen and oxygen atoms in total. The van der Waals surface area contributed by atoms with E-state index in [1.54, 1.807) is 7.11 Å². The Kier molecular flexibility index (Phi) is 3.68. The SMILES string of the molecule is COc1ccc(-n2c(-c3c(C)noc3C)cc3c2CCCC3)cc1. The van der Waals surface area contributed by atoms with Gasteiger partial charge in [-0.25, -0.2) is 0 Å². The first-order chi connectivity index (χ1) is 11.7. The molecule has 0 aliphatic heterocycles. The molecule has 0 atom stereocenters. The van der Waals surface area contributed by atoms with Crippen LogP contribution in [0.2, 0.25) is 0 Å². The lowest BCUT2D eigenvalue weighted by Gasteiger charge is -2.17. The molecule has 0 fully saturated rings. The number of aromatic nitrogens is 2. The second-order valence-corrected chi connectivity index (χ2v) is 6.44. The maximum absolute atomic E-state index is 5.43. The predicted molar refractivity (Wildman–Crippen MR) is 93.9 cm³/mol. The van der Waals surface area contributed by atoms with Crippen molar-refractivity contribution >= 4 is 0 Å². The maximum atomic E-state index is 5.43. The number of ether oxygens (including phenoxy) is 1. The smallest absolute Gasteiger partial charge is 0.143 e. The zero-order chi connectivity index (χ0) is 16.7. The van der Waals surface area contributed by atoms with Gasteiger partial charge in [-0.15, -0.1) is 0 Å². The van der Waals surface area contributed by atoms with Crippen LogP contribution in [0.5, 0.6) is 5.75 Å². The Morgan fingerprint density at radius 3 is 2.50 bits per heavy atom. The molecule has 24 heavy (non-hydrogen) atoms. The normalized spacial score (nSPS) is 13.8. The van der Waals surface area contributed by atoms with Crippen LogP contribution < -0.4 is 4.74 Å². The monoisotopic (exact) mass is 322 g/mol. The summed E-state index contributed by atoms with van der Waals surface area (Å²) in [6, 6.07) is 10.6. The van der Waals surface area contributed by atoms with E-state index in [1.165, 1.54) is 29.8 Å². The quantitative estimate of drug-likeness (QED) is 0.705. The number of fused-ring (bicyclic) bond motifs is 1. The molecule has 124 valence electrons. The highest BCUT2D eigenvalue weighted by Crippen LogP contribution is 2.36. The lowest BCUT2D eigenvalue weighted by molar-refractivity contribution is 0.393. The second kappa shape index (κ2) is 5.86. The molecule has 0 spiro atoms. The summed E-state index contributed by atoms with van der Waals surface area (Å²) in [6.45, 7) is 4.00. The van der Waals surface area contributed by atoms with Gasteiger partial charge >= 0.3 is 0 Å². The molecule has 0 radical (unpaired) electrons. The third-order valence-corrected chi connectivity index (χ3v) is 4.92. The van der Waals surface area contributed by atoms with E-state index < -0.39 is 0 Å². The Morgan fingerprint density at radius 1 is 1.08 bits per heavy atom. The minimum atomic E-state index is 0.872. The molecule has 2 heterocycles. The molecule has 1 aromatic carbocycles. The minimum Gasteiger partial charge on any atom is -0.497 e. The van der Waals surface area contributed by atoms with Crippen LogP contribution in [0.3, 0.4) is 0 Å². The van der Waals surface area contributed by atoms with Crippen LogP contribution in [0, 0.1) is 13.8 Å². The van der Waals surface area contributed by atoms with Gasteiger partial charge in [0.25, 0.3) is 0 Å². The molecule has 4 rings (SSSR count). The standard InChI is InChI=1S/C20H22N2O2/c1-13-20(14(2)24-21-13)19-12-15-6-4-5-7-18(15)22(19)16-8-10-17(23-3)11-9-16/h8-12H,4-7H2,1-3H3. The number of hydrogen-bond acceptors (Lipinski definition) is 3. The van der Waals surface area contributed by atoms with Crippen molar-refractivity contribution in [3.63, 3.8) is 0 Å². The molecule has 1 aliphatic rings. The molecule has 0 saturated heterocycles. The molecule has 4 heteroatoms. The zero-order valence-corrected chi connectivity index (χ0v) is 14.4. The molecular formula is C20H22N2O2. The third-order valence-electron chi connectivity index (χ3n) is 4.92. The highest BCUT2D eigenvalue weighted by Gasteiger charge is 2.23. The van der Waals surface area contributed by atoms with Gasteiger partial charge in [0.05, 0.1) is 24.1 Å². The number of nitrogens with zero attached hydrogens (tertiary/aromatic N) is 2. The van der Waals surface area contributed by atoms with E-state index in [-0.39, 0.29) is 0 Å². The molecule has 0 amide bonds. The summed E-state index contributed by atoms with van der Waals surface area (Å²) >= 11 is 0. The van der Waals surface area contributed by atoms with Crippen molar-refractivity contribution in [1.82, 2.24) is 9.72 Å². The highest BCUT2D eigenvalue weighted by molar-refractivity contribution is 5.69. The Balaban J connectivity index is 1.95. The largest absolute Gasteiger partial charge is 0.497 e. The Labute approximate surface area is 142 Å². The third kappa shape index (κ3) is 2.33. The molecule has 0 bridgehead atoms. The second-order valence-electron chi connectivity index (χ2n) is 6.44. The number of rotatable bonds is 3. The fourth-order valence-electron chi connectivity index (χ4n) is 3.76. The fraction of sp³-hybridized carbons (Fsp3) is 0.350. The first kappa shape index (κ1) is 15.1. The Bertz CT molecular complexity index is 852. The Hall–Kier alpha value is -2.49. The summed E-state index contributed by atoms with van der Waals surface area (Å²) in [6.07, 6.45) is 4.77. The van der Waals surface area contributed by atoms with Crippen LogP contribution in [-0.2, 0) is 12.8 Å². The molecule has 3 aromatic rings. The van der Waals surface area contributed by atoms with E-state index in [9.17, 15) is 0 Å². The van der Waals surface area contributed by atoms with Crippen molar-refractivity contribution in [3.05, 3.63) is 53.0 Å². The average Bonchev–Trinajstić information content (AvgIpc) is 3.14. The van der Waals surface area contributed by atoms with Crippen LogP contribution in [0.1, 0.15) is 35.6 Å². The molecule has 1 aliphatic carbocycles. The topological polar surface area (TPSA) is 40.2 Å². The number of aryl methyl sites for hydroxylation is 3. The molecule has 2 aromatic heterocycles. The van der Waals surface area contributed by atoms with Crippen LogP contribution in [0.4, 0.5) is 0 Å². The number of methoxy groups -OCH3 is 1. The number of hydrogen-bond donors (Lipinski definition) is 0. The summed E-state index contributed by atoms with van der Waals surface area (Å²) in [5.74, 6) is 1.75. The van der Waals surface area contributed by atoms with Gasteiger partial charge in [-0.3, -0.25) is 0 Å². The van der Waals surface area contributed by atoms with Crippen LogP contribution >= 0.6 is 0 Å². The van der Waals surface area contributed by atoms with Crippen LogP contribution in [0.15, 0.2) is 34.9 Å². The van der Waals surface area contributed by atoms with Gasteiger partial charge in [-0.1, -0.05) is 5.16 Å². The summed E-state index contributed by atoms with van der Waals surface area (Å²) in [4.78, 5) is 0. The first-order valence-corrected chi connectivity index (χ1v) is 8.50. The van der Waals surface area contributed by atoms with E-state index in [0.29, 0.717) is 0 Å². The van der Waals surface area contributed by atoms with Gasteiger partial charge < -0.3 is 13.8 Å². The summed E-state index contributed by atoms with van der Waals surface area (Å²) in [5.41, 5.74) is 7.27. The lowest BCUT2D eigenvalue weighted by Crippen LogP contribution is -2.08. The van der Waals surface area contributed by atoms with Crippen molar-refractivity contribution in [2.75, 3.05) is 7.11 Å². The van der Waals surface area contributed by atoms with Gasteiger partial charge in [0.1, 0.15) is 11.5 Å². The fourth-order valence-corrected chi connectivity index (χ4v) is 3.76. The van der Waals surface area contributed by atoms with E-state index in [1.807, 2.05) is 26.0 Å². The Morgan fingerprint density at radius 2 is 1.83 bits per heavy atom. The summed E-state index contributed by atoms with van der Waals surface area (Å²) in [5, 5.41) is 4.15. The highest BCUT2D eigenvalue weighted by atomic mass is 16.5. The summed E-state index contributed by atoms with van der Waals surface area (Å²) in [7, 11) is 1.70. The molecule has 0 saturated carbocycles. The maximum Gasteiger partial charge on any atom is 0.143 e. The van der Waals surface area contributed by atoms with E-state index >= 15 is 0 Å². The van der Waals surface area contributed by atoms with E-state index in [4.69, 9.17) is 9.26 Å². The predicted octanol–water partition coefficient (Wildman–Crippen LogP) is 4.64. The molecule has 0 N–H and O–H groups in total. The zero-order valence-electron chi connectivity index (χ0n) is 14.4. The first-order valence-electron chi connectivity index (χ1n) is 8.50. The van der Waals surface area contributed by atoms with Crippen LogP contribution in [-0.4, -0.2) is 16.8 Å². The molecule has 0 unspecified atom stereocenters. The van der Waals surface area contributed by atoms with E-state index in [2.05, 4.69) is 27.9 Å². The van der Waals surface area contributed by atoms with Crippen molar-refractivity contribution < 1.29 is 9.26 Å². The summed E-state index contributed by atoms with van der Waals surface area (Å²) < 4.78 is 13.1.